The van der Waals surface area contributed by atoms with Gasteiger partial charge in [-0.25, -0.2) is 4.79 Å². The Labute approximate surface area is 191 Å². The quantitative estimate of drug-likeness (QED) is 0.446. The third-order valence-electron chi connectivity index (χ3n) is 5.67. The predicted molar refractivity (Wildman–Crippen MR) is 131 cm³/mol. The normalized spacial score (nSPS) is 11.0. The van der Waals surface area contributed by atoms with Crippen LogP contribution in [0.3, 0.4) is 0 Å². The summed E-state index contributed by atoms with van der Waals surface area (Å²) in [6.45, 7) is 3.85. The van der Waals surface area contributed by atoms with Crippen LogP contribution in [0.4, 0.5) is 0 Å². The monoisotopic (exact) mass is 442 g/mol. The maximum absolute atomic E-state index is 13.5. The van der Waals surface area contributed by atoms with Crippen molar-refractivity contribution in [1.29, 1.82) is 0 Å². The minimum absolute atomic E-state index is 0.104. The number of rotatable bonds is 8. The summed E-state index contributed by atoms with van der Waals surface area (Å²) in [5.74, 6) is 1.18. The van der Waals surface area contributed by atoms with E-state index in [9.17, 15) is 14.7 Å². The average molecular weight is 443 g/mol. The molecule has 1 aromatic heterocycles. The number of hydrogen-bond donors (Lipinski definition) is 1. The van der Waals surface area contributed by atoms with E-state index in [-0.39, 0.29) is 18.7 Å². The number of benzene rings is 3. The molecule has 0 aliphatic rings. The van der Waals surface area contributed by atoms with Crippen LogP contribution in [0, 0.1) is 0 Å². The Hall–Kier alpha value is -3.90. The molecule has 0 spiro atoms. The Bertz CT molecular complexity index is 1420. The maximum atomic E-state index is 13.5. The van der Waals surface area contributed by atoms with Crippen molar-refractivity contribution in [3.8, 4) is 11.5 Å². The molecule has 0 saturated carbocycles. The number of aliphatic hydroxyl groups excluding tert-OH is 1. The molecule has 0 amide bonds. The van der Waals surface area contributed by atoms with Crippen molar-refractivity contribution in [2.45, 2.75) is 19.4 Å². The topological polar surface area (TPSA) is 73.5 Å². The van der Waals surface area contributed by atoms with Crippen LogP contribution in [-0.2, 0) is 20.0 Å². The molecular formula is C27H26N2O4. The van der Waals surface area contributed by atoms with Crippen LogP contribution in [0.25, 0.3) is 17.0 Å². The number of fused-ring (bicyclic) bond motifs is 1. The van der Waals surface area contributed by atoms with Crippen molar-refractivity contribution in [2.75, 3.05) is 6.61 Å². The Kier molecular flexibility index (Phi) is 6.56. The lowest BCUT2D eigenvalue weighted by molar-refractivity contribution is 0.277. The van der Waals surface area contributed by atoms with E-state index >= 15 is 0 Å². The van der Waals surface area contributed by atoms with Gasteiger partial charge in [-0.1, -0.05) is 55.1 Å². The van der Waals surface area contributed by atoms with Crippen LogP contribution in [0.5, 0.6) is 11.5 Å². The van der Waals surface area contributed by atoms with Crippen LogP contribution < -0.4 is 16.0 Å². The summed E-state index contributed by atoms with van der Waals surface area (Å²) in [6.07, 6.45) is 2.52. The molecule has 0 fully saturated rings. The molecule has 0 aliphatic heterocycles. The van der Waals surface area contributed by atoms with E-state index in [2.05, 4.69) is 6.58 Å². The van der Waals surface area contributed by atoms with E-state index in [1.807, 2.05) is 54.6 Å². The number of aliphatic hydroxyl groups is 1. The van der Waals surface area contributed by atoms with Crippen LogP contribution in [0.15, 0.2) is 82.9 Å². The molecule has 0 radical (unpaired) electrons. The van der Waals surface area contributed by atoms with Crippen molar-refractivity contribution in [3.63, 3.8) is 0 Å². The van der Waals surface area contributed by atoms with Crippen LogP contribution >= 0.6 is 0 Å². The summed E-state index contributed by atoms with van der Waals surface area (Å²) in [7, 11) is 1.65. The molecule has 0 atom stereocenters. The molecule has 33 heavy (non-hydrogen) atoms. The minimum atomic E-state index is -0.404. The van der Waals surface area contributed by atoms with Gasteiger partial charge in [0.05, 0.1) is 10.9 Å². The zero-order valence-corrected chi connectivity index (χ0v) is 18.5. The van der Waals surface area contributed by atoms with Crippen molar-refractivity contribution < 1.29 is 9.84 Å². The van der Waals surface area contributed by atoms with Crippen molar-refractivity contribution in [1.82, 2.24) is 9.13 Å². The third kappa shape index (κ3) is 4.52. The predicted octanol–water partition coefficient (Wildman–Crippen LogP) is 4.11. The number of aromatic nitrogens is 2. The standard InChI is InChI=1S/C27H26N2O4/c1-3-19-11-7-12-21(17-19)33-24-14-13-23-25(22(24)18-20-9-5-4-6-10-20)26(31)29(15-8-16-30)27(32)28(23)2/h3-7,9-14,17,30H,1,8,15-16,18H2,2H3. The first-order valence-corrected chi connectivity index (χ1v) is 10.8. The number of hydrogen-bond acceptors (Lipinski definition) is 4. The Morgan fingerprint density at radius 3 is 2.55 bits per heavy atom. The Morgan fingerprint density at radius 2 is 1.82 bits per heavy atom. The van der Waals surface area contributed by atoms with E-state index in [0.717, 1.165) is 11.1 Å². The molecule has 1 N–H and O–H groups in total. The molecule has 6 nitrogen and oxygen atoms in total. The van der Waals surface area contributed by atoms with E-state index in [0.29, 0.717) is 40.8 Å². The fourth-order valence-electron chi connectivity index (χ4n) is 3.97. The van der Waals surface area contributed by atoms with Gasteiger partial charge >= 0.3 is 5.69 Å². The van der Waals surface area contributed by atoms with E-state index in [4.69, 9.17) is 4.74 Å². The highest BCUT2D eigenvalue weighted by Gasteiger charge is 2.19. The van der Waals surface area contributed by atoms with Gasteiger partial charge in [0.1, 0.15) is 11.5 Å². The molecule has 0 aliphatic carbocycles. The lowest BCUT2D eigenvalue weighted by atomic mass is 9.99. The first-order chi connectivity index (χ1) is 16.0. The van der Waals surface area contributed by atoms with E-state index < -0.39 is 5.69 Å². The molecular weight excluding hydrogens is 416 g/mol. The van der Waals surface area contributed by atoms with Crippen molar-refractivity contribution >= 4 is 17.0 Å². The summed E-state index contributed by atoms with van der Waals surface area (Å²) in [6, 6.07) is 20.9. The number of ether oxygens (including phenoxy) is 1. The minimum Gasteiger partial charge on any atom is -0.457 e. The van der Waals surface area contributed by atoms with Gasteiger partial charge in [-0.05, 0) is 41.8 Å². The van der Waals surface area contributed by atoms with E-state index in [1.165, 1.54) is 9.13 Å². The van der Waals surface area contributed by atoms with Gasteiger partial charge in [-0.15, -0.1) is 0 Å². The smallest absolute Gasteiger partial charge is 0.331 e. The molecule has 1 heterocycles. The first kappa shape index (κ1) is 22.3. The number of nitrogens with zero attached hydrogens (tertiary/aromatic N) is 2. The van der Waals surface area contributed by atoms with Gasteiger partial charge in [0, 0.05) is 32.2 Å². The average Bonchev–Trinajstić information content (AvgIpc) is 2.84. The maximum Gasteiger partial charge on any atom is 0.331 e. The van der Waals surface area contributed by atoms with Crippen molar-refractivity contribution in [2.24, 2.45) is 7.05 Å². The molecule has 6 heteroatoms. The number of aryl methyl sites for hydroxylation is 1. The Morgan fingerprint density at radius 1 is 1.03 bits per heavy atom. The largest absolute Gasteiger partial charge is 0.457 e. The molecule has 0 unspecified atom stereocenters. The molecule has 4 aromatic rings. The van der Waals surface area contributed by atoms with Gasteiger partial charge in [0.25, 0.3) is 5.56 Å². The van der Waals surface area contributed by atoms with Crippen LogP contribution in [-0.4, -0.2) is 20.8 Å². The van der Waals surface area contributed by atoms with Crippen LogP contribution in [0.2, 0.25) is 0 Å². The van der Waals surface area contributed by atoms with Crippen LogP contribution in [0.1, 0.15) is 23.1 Å². The zero-order valence-electron chi connectivity index (χ0n) is 18.5. The second-order valence-electron chi connectivity index (χ2n) is 7.85. The summed E-state index contributed by atoms with van der Waals surface area (Å²) in [5.41, 5.74) is 2.41. The lowest BCUT2D eigenvalue weighted by Gasteiger charge is -2.17. The summed E-state index contributed by atoms with van der Waals surface area (Å²) < 4.78 is 8.92. The first-order valence-electron chi connectivity index (χ1n) is 10.8. The van der Waals surface area contributed by atoms with Gasteiger partial charge in [-0.2, -0.15) is 0 Å². The van der Waals surface area contributed by atoms with E-state index in [1.54, 1.807) is 25.3 Å². The molecule has 0 bridgehead atoms. The summed E-state index contributed by atoms with van der Waals surface area (Å²) >= 11 is 0. The molecule has 3 aromatic carbocycles. The fourth-order valence-corrected chi connectivity index (χ4v) is 3.97. The lowest BCUT2D eigenvalue weighted by Crippen LogP contribution is -2.39. The fraction of sp³-hybridized carbons (Fsp3) is 0.185. The van der Waals surface area contributed by atoms with Gasteiger partial charge in [0.15, 0.2) is 0 Å². The van der Waals surface area contributed by atoms with Gasteiger partial charge in [-0.3, -0.25) is 13.9 Å². The van der Waals surface area contributed by atoms with Gasteiger partial charge in [0.2, 0.25) is 0 Å². The third-order valence-corrected chi connectivity index (χ3v) is 5.67. The second-order valence-corrected chi connectivity index (χ2v) is 7.85. The highest BCUT2D eigenvalue weighted by atomic mass is 16.5. The zero-order chi connectivity index (χ0) is 23.4. The second kappa shape index (κ2) is 9.71. The molecule has 0 saturated heterocycles. The summed E-state index contributed by atoms with van der Waals surface area (Å²) in [5, 5.41) is 9.68. The van der Waals surface area contributed by atoms with Gasteiger partial charge < -0.3 is 9.84 Å². The SMILES string of the molecule is C=Cc1cccc(Oc2ccc3c(c2Cc2ccccc2)c(=O)n(CCCO)c(=O)n3C)c1. The highest BCUT2D eigenvalue weighted by molar-refractivity contribution is 5.84. The highest BCUT2D eigenvalue weighted by Crippen LogP contribution is 2.32. The Balaban J connectivity index is 1.96. The molecule has 168 valence electrons. The molecule has 4 rings (SSSR count). The van der Waals surface area contributed by atoms with Crippen molar-refractivity contribution in [3.05, 3.63) is 111 Å². The summed E-state index contributed by atoms with van der Waals surface area (Å²) in [4.78, 5) is 26.4.